The van der Waals surface area contributed by atoms with Crippen LogP contribution in [-0.4, -0.2) is 35.8 Å². The van der Waals surface area contributed by atoms with E-state index in [0.29, 0.717) is 24.2 Å². The highest BCUT2D eigenvalue weighted by Crippen LogP contribution is 2.13. The van der Waals surface area contributed by atoms with Gasteiger partial charge in [0.05, 0.1) is 0 Å². The molecule has 4 N–H and O–H groups in total. The van der Waals surface area contributed by atoms with Crippen molar-refractivity contribution in [2.75, 3.05) is 13.1 Å². The van der Waals surface area contributed by atoms with Gasteiger partial charge >= 0.3 is 0 Å². The van der Waals surface area contributed by atoms with Gasteiger partial charge in [0.25, 0.3) is 5.91 Å². The van der Waals surface area contributed by atoms with Gasteiger partial charge in [0.2, 0.25) is 5.91 Å². The molecule has 0 spiro atoms. The number of rotatable bonds is 2. The van der Waals surface area contributed by atoms with Gasteiger partial charge in [-0.2, -0.15) is 0 Å². The van der Waals surface area contributed by atoms with E-state index >= 15 is 0 Å². The molecular weight excluding hydrogens is 254 g/mol. The van der Waals surface area contributed by atoms with Crippen molar-refractivity contribution in [3.63, 3.8) is 0 Å². The molecule has 1 heterocycles. The van der Waals surface area contributed by atoms with Crippen molar-refractivity contribution in [2.45, 2.75) is 12.5 Å². The van der Waals surface area contributed by atoms with E-state index in [1.54, 1.807) is 23.1 Å². The average molecular weight is 270 g/mol. The van der Waals surface area contributed by atoms with Crippen LogP contribution in [0.4, 0.5) is 0 Å². The minimum atomic E-state index is -0.530. The molecule has 1 aromatic carbocycles. The van der Waals surface area contributed by atoms with E-state index in [1.807, 2.05) is 0 Å². The Morgan fingerprint density at radius 2 is 1.94 bits per heavy atom. The zero-order valence-electron chi connectivity index (χ0n) is 9.83. The van der Waals surface area contributed by atoms with Crippen LogP contribution in [0.1, 0.15) is 27.1 Å². The van der Waals surface area contributed by atoms with E-state index in [2.05, 4.69) is 0 Å². The SMILES string of the molecule is Cl.NC(=O)c1cccc(C(=O)N2CCC(N)C2)c1. The molecule has 0 saturated carbocycles. The van der Waals surface area contributed by atoms with E-state index in [1.165, 1.54) is 6.07 Å². The molecule has 2 rings (SSSR count). The van der Waals surface area contributed by atoms with Crippen LogP contribution in [0.25, 0.3) is 0 Å². The number of amides is 2. The summed E-state index contributed by atoms with van der Waals surface area (Å²) in [6.07, 6.45) is 0.821. The Morgan fingerprint density at radius 3 is 2.50 bits per heavy atom. The third kappa shape index (κ3) is 3.00. The fourth-order valence-corrected chi connectivity index (χ4v) is 1.96. The molecule has 98 valence electrons. The number of hydrogen-bond acceptors (Lipinski definition) is 3. The van der Waals surface area contributed by atoms with Crippen LogP contribution in [0.2, 0.25) is 0 Å². The number of carbonyl (C=O) groups is 2. The summed E-state index contributed by atoms with van der Waals surface area (Å²) in [7, 11) is 0. The first kappa shape index (κ1) is 14.5. The standard InChI is InChI=1S/C12H15N3O2.ClH/c13-10-4-5-15(7-10)12(17)9-3-1-2-8(6-9)11(14)16;/h1-3,6,10H,4-5,7,13H2,(H2,14,16);1H. The van der Waals surface area contributed by atoms with E-state index in [4.69, 9.17) is 11.5 Å². The molecule has 0 aliphatic carbocycles. The van der Waals surface area contributed by atoms with Gasteiger partial charge in [0, 0.05) is 30.3 Å². The molecule has 0 radical (unpaired) electrons. The summed E-state index contributed by atoms with van der Waals surface area (Å²) in [5, 5.41) is 0. The van der Waals surface area contributed by atoms with E-state index in [9.17, 15) is 9.59 Å². The topological polar surface area (TPSA) is 89.4 Å². The number of carbonyl (C=O) groups excluding carboxylic acids is 2. The third-order valence-corrected chi connectivity index (χ3v) is 2.91. The minimum Gasteiger partial charge on any atom is -0.366 e. The lowest BCUT2D eigenvalue weighted by atomic mass is 10.1. The summed E-state index contributed by atoms with van der Waals surface area (Å²) in [6, 6.07) is 6.50. The molecule has 1 saturated heterocycles. The van der Waals surface area contributed by atoms with Gasteiger partial charge in [-0.05, 0) is 24.6 Å². The molecule has 1 aliphatic rings. The molecule has 1 aromatic rings. The predicted octanol–water partition coefficient (Wildman–Crippen LogP) is 0.380. The second-order valence-corrected chi connectivity index (χ2v) is 4.24. The summed E-state index contributed by atoms with van der Waals surface area (Å²) in [5.74, 6) is -0.626. The first-order chi connectivity index (χ1) is 8.08. The molecule has 0 aromatic heterocycles. The predicted molar refractivity (Wildman–Crippen MR) is 70.7 cm³/mol. The molecule has 6 heteroatoms. The highest BCUT2D eigenvalue weighted by molar-refractivity contribution is 5.99. The quantitative estimate of drug-likeness (QED) is 0.813. The summed E-state index contributed by atoms with van der Waals surface area (Å²) in [4.78, 5) is 24.8. The Labute approximate surface area is 112 Å². The van der Waals surface area contributed by atoms with Gasteiger partial charge < -0.3 is 16.4 Å². The first-order valence-corrected chi connectivity index (χ1v) is 5.52. The Morgan fingerprint density at radius 1 is 1.28 bits per heavy atom. The molecule has 1 fully saturated rings. The molecule has 1 aliphatic heterocycles. The first-order valence-electron chi connectivity index (χ1n) is 5.52. The van der Waals surface area contributed by atoms with Crippen molar-refractivity contribution in [3.8, 4) is 0 Å². The molecule has 18 heavy (non-hydrogen) atoms. The number of primary amides is 1. The van der Waals surface area contributed by atoms with Crippen molar-refractivity contribution in [3.05, 3.63) is 35.4 Å². The van der Waals surface area contributed by atoms with Crippen molar-refractivity contribution in [1.82, 2.24) is 4.90 Å². The second-order valence-electron chi connectivity index (χ2n) is 4.24. The van der Waals surface area contributed by atoms with Crippen LogP contribution in [0.15, 0.2) is 24.3 Å². The number of halogens is 1. The average Bonchev–Trinajstić information content (AvgIpc) is 2.75. The van der Waals surface area contributed by atoms with Gasteiger partial charge in [0.15, 0.2) is 0 Å². The zero-order chi connectivity index (χ0) is 12.4. The Hall–Kier alpha value is -1.59. The normalized spacial score (nSPS) is 18.3. The van der Waals surface area contributed by atoms with Crippen LogP contribution in [0, 0.1) is 0 Å². The lowest BCUT2D eigenvalue weighted by molar-refractivity contribution is 0.0791. The lowest BCUT2D eigenvalue weighted by Gasteiger charge is -2.15. The number of hydrogen-bond donors (Lipinski definition) is 2. The number of nitrogens with two attached hydrogens (primary N) is 2. The van der Waals surface area contributed by atoms with Crippen LogP contribution < -0.4 is 11.5 Å². The fourth-order valence-electron chi connectivity index (χ4n) is 1.96. The maximum atomic E-state index is 12.1. The van der Waals surface area contributed by atoms with Crippen LogP contribution in [0.5, 0.6) is 0 Å². The molecule has 5 nitrogen and oxygen atoms in total. The van der Waals surface area contributed by atoms with Gasteiger partial charge in [-0.25, -0.2) is 0 Å². The van der Waals surface area contributed by atoms with Crippen LogP contribution in [-0.2, 0) is 0 Å². The van der Waals surface area contributed by atoms with Crippen molar-refractivity contribution in [1.29, 1.82) is 0 Å². The Balaban J connectivity index is 0.00000162. The largest absolute Gasteiger partial charge is 0.366 e. The highest BCUT2D eigenvalue weighted by atomic mass is 35.5. The summed E-state index contributed by atoms with van der Waals surface area (Å²) < 4.78 is 0. The molecule has 0 bridgehead atoms. The molecule has 2 amide bonds. The van der Waals surface area contributed by atoms with Crippen LogP contribution >= 0.6 is 12.4 Å². The highest BCUT2D eigenvalue weighted by Gasteiger charge is 2.24. The minimum absolute atomic E-state index is 0. The number of benzene rings is 1. The zero-order valence-corrected chi connectivity index (χ0v) is 10.7. The smallest absolute Gasteiger partial charge is 0.253 e. The summed E-state index contributed by atoms with van der Waals surface area (Å²) in [6.45, 7) is 1.24. The van der Waals surface area contributed by atoms with E-state index in [-0.39, 0.29) is 24.4 Å². The summed E-state index contributed by atoms with van der Waals surface area (Å²) in [5.41, 5.74) is 11.8. The Bertz CT molecular complexity index is 464. The van der Waals surface area contributed by atoms with Crippen LogP contribution in [0.3, 0.4) is 0 Å². The van der Waals surface area contributed by atoms with E-state index < -0.39 is 5.91 Å². The number of nitrogens with zero attached hydrogens (tertiary/aromatic N) is 1. The second kappa shape index (κ2) is 5.84. The van der Waals surface area contributed by atoms with Gasteiger partial charge in [0.1, 0.15) is 0 Å². The maximum Gasteiger partial charge on any atom is 0.253 e. The van der Waals surface area contributed by atoms with E-state index in [0.717, 1.165) is 6.42 Å². The molecule has 1 atom stereocenters. The fraction of sp³-hybridized carbons (Fsp3) is 0.333. The monoisotopic (exact) mass is 269 g/mol. The summed E-state index contributed by atoms with van der Waals surface area (Å²) >= 11 is 0. The van der Waals surface area contributed by atoms with Crippen molar-refractivity contribution < 1.29 is 9.59 Å². The Kier molecular flexibility index (Phi) is 4.69. The lowest BCUT2D eigenvalue weighted by Crippen LogP contribution is -2.32. The van der Waals surface area contributed by atoms with Gasteiger partial charge in [-0.1, -0.05) is 6.07 Å². The number of likely N-dealkylation sites (tertiary alicyclic amines) is 1. The van der Waals surface area contributed by atoms with Crippen molar-refractivity contribution in [2.24, 2.45) is 11.5 Å². The van der Waals surface area contributed by atoms with Gasteiger partial charge in [-0.15, -0.1) is 12.4 Å². The molecule has 1 unspecified atom stereocenters. The van der Waals surface area contributed by atoms with Crippen molar-refractivity contribution >= 4 is 24.2 Å². The molecular formula is C12H16ClN3O2. The maximum absolute atomic E-state index is 12.1. The third-order valence-electron chi connectivity index (χ3n) is 2.91. The van der Waals surface area contributed by atoms with Gasteiger partial charge in [-0.3, -0.25) is 9.59 Å².